The number of benzene rings is 4. The summed E-state index contributed by atoms with van der Waals surface area (Å²) in [5.74, 6) is -0.0501. The summed E-state index contributed by atoms with van der Waals surface area (Å²) < 4.78 is 5.85. The maximum absolute atomic E-state index is 12.9. The first-order valence-electron chi connectivity index (χ1n) is 11.5. The topological polar surface area (TPSA) is 67.4 Å². The lowest BCUT2D eigenvalue weighted by molar-refractivity contribution is -0.122. The van der Waals surface area contributed by atoms with Crippen LogP contribution in [0.5, 0.6) is 5.75 Å². The molecule has 1 atom stereocenters. The number of carbonyl (C=O) groups is 2. The number of anilines is 2. The van der Waals surface area contributed by atoms with Crippen LogP contribution in [0.1, 0.15) is 28.4 Å². The highest BCUT2D eigenvalue weighted by molar-refractivity contribution is 6.10. The summed E-state index contributed by atoms with van der Waals surface area (Å²) in [4.78, 5) is 25.8. The average molecular weight is 465 g/mol. The van der Waals surface area contributed by atoms with Gasteiger partial charge in [-0.05, 0) is 79.4 Å². The molecule has 5 nitrogen and oxygen atoms in total. The van der Waals surface area contributed by atoms with Crippen molar-refractivity contribution in [3.8, 4) is 16.9 Å². The number of ether oxygens (including phenoxy) is 1. The quantitative estimate of drug-likeness (QED) is 0.323. The Labute approximate surface area is 205 Å². The number of para-hydroxylation sites is 1. The van der Waals surface area contributed by atoms with Gasteiger partial charge in [0.2, 0.25) is 0 Å². The zero-order valence-electron chi connectivity index (χ0n) is 20.0. The Kier molecular flexibility index (Phi) is 7.27. The van der Waals surface area contributed by atoms with Crippen molar-refractivity contribution in [2.24, 2.45) is 0 Å². The van der Waals surface area contributed by atoms with Crippen molar-refractivity contribution in [2.75, 3.05) is 10.6 Å². The van der Waals surface area contributed by atoms with Crippen LogP contribution in [-0.2, 0) is 4.79 Å². The molecule has 0 radical (unpaired) electrons. The van der Waals surface area contributed by atoms with E-state index in [1.165, 1.54) is 0 Å². The Balaban J connectivity index is 1.41. The second kappa shape index (κ2) is 10.7. The third kappa shape index (κ3) is 5.95. The molecule has 0 spiro atoms. The van der Waals surface area contributed by atoms with Crippen molar-refractivity contribution >= 4 is 23.2 Å². The molecule has 0 heterocycles. The molecule has 1 unspecified atom stereocenters. The lowest BCUT2D eigenvalue weighted by Gasteiger charge is -2.17. The van der Waals surface area contributed by atoms with E-state index in [2.05, 4.69) is 10.6 Å². The highest BCUT2D eigenvalue weighted by Gasteiger charge is 2.19. The van der Waals surface area contributed by atoms with Crippen molar-refractivity contribution in [1.82, 2.24) is 0 Å². The van der Waals surface area contributed by atoms with Crippen LogP contribution in [0.3, 0.4) is 0 Å². The Morgan fingerprint density at radius 1 is 0.714 bits per heavy atom. The molecule has 35 heavy (non-hydrogen) atoms. The molecule has 0 saturated heterocycles. The van der Waals surface area contributed by atoms with E-state index in [0.717, 1.165) is 22.3 Å². The minimum Gasteiger partial charge on any atom is -0.481 e. The van der Waals surface area contributed by atoms with Crippen LogP contribution in [0.2, 0.25) is 0 Å². The highest BCUT2D eigenvalue weighted by Crippen LogP contribution is 2.23. The summed E-state index contributed by atoms with van der Waals surface area (Å²) in [5, 5.41) is 5.74. The number of carbonyl (C=O) groups excluding carboxylic acids is 2. The summed E-state index contributed by atoms with van der Waals surface area (Å²) in [6.45, 7) is 5.70. The molecule has 0 fully saturated rings. The Morgan fingerprint density at radius 2 is 1.37 bits per heavy atom. The zero-order chi connectivity index (χ0) is 24.8. The smallest absolute Gasteiger partial charge is 0.265 e. The van der Waals surface area contributed by atoms with Crippen molar-refractivity contribution < 1.29 is 14.3 Å². The van der Waals surface area contributed by atoms with E-state index >= 15 is 0 Å². The summed E-state index contributed by atoms with van der Waals surface area (Å²) >= 11 is 0. The van der Waals surface area contributed by atoms with Gasteiger partial charge in [-0.25, -0.2) is 0 Å². The molecule has 4 aromatic carbocycles. The Morgan fingerprint density at radius 3 is 2.09 bits per heavy atom. The molecule has 0 aliphatic carbocycles. The second-order valence-corrected chi connectivity index (χ2v) is 8.44. The lowest BCUT2D eigenvalue weighted by Crippen LogP contribution is -2.31. The van der Waals surface area contributed by atoms with E-state index in [0.29, 0.717) is 22.7 Å². The average Bonchev–Trinajstić information content (AvgIpc) is 2.87. The van der Waals surface area contributed by atoms with Crippen LogP contribution in [0.4, 0.5) is 11.4 Å². The van der Waals surface area contributed by atoms with Gasteiger partial charge in [0.05, 0.1) is 11.3 Å². The van der Waals surface area contributed by atoms with E-state index in [9.17, 15) is 9.59 Å². The predicted octanol–water partition coefficient (Wildman–Crippen LogP) is 6.63. The highest BCUT2D eigenvalue weighted by atomic mass is 16.5. The molecule has 5 heteroatoms. The normalized spacial score (nSPS) is 11.4. The van der Waals surface area contributed by atoms with Crippen LogP contribution in [0.25, 0.3) is 11.1 Å². The molecule has 2 N–H and O–H groups in total. The first-order chi connectivity index (χ1) is 16.9. The van der Waals surface area contributed by atoms with Gasteiger partial charge in [-0.3, -0.25) is 9.59 Å². The number of amides is 2. The summed E-state index contributed by atoms with van der Waals surface area (Å²) in [6, 6.07) is 30.3. The molecule has 0 bridgehead atoms. The number of aryl methyl sites for hydroxylation is 2. The van der Waals surface area contributed by atoms with Gasteiger partial charge in [0.1, 0.15) is 5.75 Å². The molecular formula is C30H28N2O3. The monoisotopic (exact) mass is 464 g/mol. The van der Waals surface area contributed by atoms with E-state index in [4.69, 9.17) is 4.74 Å². The number of hydrogen-bond acceptors (Lipinski definition) is 3. The molecule has 0 saturated carbocycles. The van der Waals surface area contributed by atoms with Crippen molar-refractivity contribution in [3.63, 3.8) is 0 Å². The van der Waals surface area contributed by atoms with Gasteiger partial charge >= 0.3 is 0 Å². The van der Waals surface area contributed by atoms with Gasteiger partial charge in [-0.2, -0.15) is 0 Å². The molecule has 0 aliphatic rings. The first kappa shape index (κ1) is 23.8. The molecule has 4 aromatic rings. The van der Waals surface area contributed by atoms with Gasteiger partial charge in [0.25, 0.3) is 11.8 Å². The SMILES string of the molecule is Cc1ccc(NC(=O)c2ccccc2NC(=O)C(C)Oc2ccc(-c3ccccc3)cc2)cc1C. The summed E-state index contributed by atoms with van der Waals surface area (Å²) in [6.07, 6.45) is -0.756. The van der Waals surface area contributed by atoms with Gasteiger partial charge in [0.15, 0.2) is 6.10 Å². The number of hydrogen-bond donors (Lipinski definition) is 2. The van der Waals surface area contributed by atoms with E-state index in [1.54, 1.807) is 31.2 Å². The van der Waals surface area contributed by atoms with Crippen molar-refractivity contribution in [1.29, 1.82) is 0 Å². The van der Waals surface area contributed by atoms with E-state index in [1.807, 2.05) is 86.6 Å². The van der Waals surface area contributed by atoms with Crippen LogP contribution < -0.4 is 15.4 Å². The Hall–Kier alpha value is -4.38. The maximum atomic E-state index is 12.9. The Bertz CT molecular complexity index is 1330. The molecule has 2 amide bonds. The fraction of sp³-hybridized carbons (Fsp3) is 0.133. The largest absolute Gasteiger partial charge is 0.481 e. The van der Waals surface area contributed by atoms with Crippen LogP contribution in [0, 0.1) is 13.8 Å². The third-order valence-corrected chi connectivity index (χ3v) is 5.84. The molecule has 0 aromatic heterocycles. The van der Waals surface area contributed by atoms with Gasteiger partial charge in [0, 0.05) is 5.69 Å². The van der Waals surface area contributed by atoms with Gasteiger partial charge < -0.3 is 15.4 Å². The predicted molar refractivity (Wildman–Crippen MR) is 141 cm³/mol. The summed E-state index contributed by atoms with van der Waals surface area (Å²) in [5.41, 5.74) is 5.92. The molecule has 176 valence electrons. The maximum Gasteiger partial charge on any atom is 0.265 e. The van der Waals surface area contributed by atoms with Crippen LogP contribution in [0.15, 0.2) is 97.1 Å². The minimum atomic E-state index is -0.756. The van der Waals surface area contributed by atoms with Gasteiger partial charge in [-0.1, -0.05) is 60.7 Å². The second-order valence-electron chi connectivity index (χ2n) is 8.44. The first-order valence-corrected chi connectivity index (χ1v) is 11.5. The minimum absolute atomic E-state index is 0.297. The van der Waals surface area contributed by atoms with Gasteiger partial charge in [-0.15, -0.1) is 0 Å². The summed E-state index contributed by atoms with van der Waals surface area (Å²) in [7, 11) is 0. The van der Waals surface area contributed by atoms with Crippen molar-refractivity contribution in [3.05, 3.63) is 114 Å². The number of nitrogens with one attached hydrogen (secondary N) is 2. The molecular weight excluding hydrogens is 436 g/mol. The fourth-order valence-corrected chi connectivity index (χ4v) is 3.66. The molecule has 4 rings (SSSR count). The van der Waals surface area contributed by atoms with E-state index in [-0.39, 0.29) is 11.8 Å². The standard InChI is InChI=1S/C30H28N2O3/c1-20-13-16-25(19-21(20)2)31-30(34)27-11-7-8-12-28(27)32-29(33)22(3)35-26-17-14-24(15-18-26)23-9-5-4-6-10-23/h4-19,22H,1-3H3,(H,31,34)(H,32,33). The lowest BCUT2D eigenvalue weighted by atomic mass is 10.1. The fourth-order valence-electron chi connectivity index (χ4n) is 3.66. The number of rotatable bonds is 7. The third-order valence-electron chi connectivity index (χ3n) is 5.84. The van der Waals surface area contributed by atoms with Crippen LogP contribution >= 0.6 is 0 Å². The zero-order valence-corrected chi connectivity index (χ0v) is 20.0. The van der Waals surface area contributed by atoms with E-state index < -0.39 is 6.10 Å². The molecule has 0 aliphatic heterocycles. The van der Waals surface area contributed by atoms with Crippen molar-refractivity contribution in [2.45, 2.75) is 26.9 Å². The van der Waals surface area contributed by atoms with Crippen LogP contribution in [-0.4, -0.2) is 17.9 Å².